The van der Waals surface area contributed by atoms with Crippen molar-refractivity contribution in [2.24, 2.45) is 7.05 Å². The van der Waals surface area contributed by atoms with E-state index in [1.807, 2.05) is 44.4 Å². The third-order valence-electron chi connectivity index (χ3n) is 5.42. The number of methoxy groups -OCH3 is 1. The molecule has 1 fully saturated rings. The number of benzene rings is 1. The van der Waals surface area contributed by atoms with E-state index in [0.717, 1.165) is 29.8 Å². The van der Waals surface area contributed by atoms with Gasteiger partial charge in [0.2, 0.25) is 5.88 Å². The van der Waals surface area contributed by atoms with E-state index >= 15 is 0 Å². The maximum absolute atomic E-state index is 13.0. The molecule has 0 saturated carbocycles. The number of aromatic nitrogens is 6. The number of ether oxygens (including phenoxy) is 1. The second kappa shape index (κ2) is 6.43. The van der Waals surface area contributed by atoms with Crippen LogP contribution in [-0.2, 0) is 7.05 Å². The minimum Gasteiger partial charge on any atom is -0.481 e. The average Bonchev–Trinajstić information content (AvgIpc) is 3.27. The number of aryl methyl sites for hydroxylation is 1. The molecule has 4 heterocycles. The van der Waals surface area contributed by atoms with Crippen LogP contribution in [0.3, 0.4) is 0 Å². The minimum atomic E-state index is -0.0246. The smallest absolute Gasteiger partial charge is 0.254 e. The Morgan fingerprint density at radius 2 is 2.03 bits per heavy atom. The fourth-order valence-corrected chi connectivity index (χ4v) is 3.70. The molecule has 1 saturated heterocycles. The van der Waals surface area contributed by atoms with Crippen LogP contribution in [0.15, 0.2) is 36.7 Å². The van der Waals surface area contributed by atoms with Gasteiger partial charge in [-0.25, -0.2) is 4.68 Å². The summed E-state index contributed by atoms with van der Waals surface area (Å²) >= 11 is 0. The van der Waals surface area contributed by atoms with Gasteiger partial charge in [-0.15, -0.1) is 15.3 Å². The lowest BCUT2D eigenvalue weighted by Gasteiger charge is -2.44. The topological polar surface area (TPSA) is 93.7 Å². The van der Waals surface area contributed by atoms with Gasteiger partial charge < -0.3 is 14.5 Å². The molecular formula is C19H20N8O2. The van der Waals surface area contributed by atoms with Gasteiger partial charge >= 0.3 is 0 Å². The summed E-state index contributed by atoms with van der Waals surface area (Å²) in [6, 6.07) is 9.44. The summed E-state index contributed by atoms with van der Waals surface area (Å²) in [5.74, 6) is 1.50. The van der Waals surface area contributed by atoms with Gasteiger partial charge in [0.1, 0.15) is 12.1 Å². The van der Waals surface area contributed by atoms with Crippen molar-refractivity contribution in [2.75, 3.05) is 32.1 Å². The van der Waals surface area contributed by atoms with Crippen LogP contribution >= 0.6 is 0 Å². The average molecular weight is 392 g/mol. The van der Waals surface area contributed by atoms with Crippen molar-refractivity contribution in [1.29, 1.82) is 0 Å². The Hall–Kier alpha value is -3.69. The molecule has 4 aromatic rings. The Morgan fingerprint density at radius 3 is 2.83 bits per heavy atom. The predicted octanol–water partition coefficient (Wildman–Crippen LogP) is 0.980. The molecule has 0 atom stereocenters. The molecular weight excluding hydrogens is 372 g/mol. The molecule has 0 N–H and O–H groups in total. The van der Waals surface area contributed by atoms with Crippen molar-refractivity contribution in [1.82, 2.24) is 34.5 Å². The lowest BCUT2D eigenvalue weighted by Crippen LogP contribution is -2.60. The number of amides is 1. The second-order valence-electron chi connectivity index (χ2n) is 7.16. The normalized spacial score (nSPS) is 14.4. The quantitative estimate of drug-likeness (QED) is 0.511. The molecule has 10 heteroatoms. The van der Waals surface area contributed by atoms with Crippen molar-refractivity contribution < 1.29 is 9.53 Å². The van der Waals surface area contributed by atoms with Crippen molar-refractivity contribution >= 4 is 28.3 Å². The van der Waals surface area contributed by atoms with Gasteiger partial charge in [0, 0.05) is 32.7 Å². The Balaban J connectivity index is 1.30. The minimum absolute atomic E-state index is 0.0246. The van der Waals surface area contributed by atoms with E-state index in [-0.39, 0.29) is 11.9 Å². The summed E-state index contributed by atoms with van der Waals surface area (Å²) in [4.78, 5) is 16.9. The molecule has 1 aromatic carbocycles. The van der Waals surface area contributed by atoms with Crippen LogP contribution in [0.25, 0.3) is 16.6 Å². The van der Waals surface area contributed by atoms with E-state index in [1.54, 1.807) is 27.5 Å². The maximum Gasteiger partial charge on any atom is 0.254 e. The molecule has 0 aliphatic carbocycles. The highest BCUT2D eigenvalue weighted by molar-refractivity contribution is 5.99. The summed E-state index contributed by atoms with van der Waals surface area (Å²) in [7, 11) is 5.27. The first-order chi connectivity index (χ1) is 14.0. The van der Waals surface area contributed by atoms with Gasteiger partial charge in [0.15, 0.2) is 5.65 Å². The summed E-state index contributed by atoms with van der Waals surface area (Å²) in [6.45, 7) is 1.45. The van der Waals surface area contributed by atoms with E-state index in [2.05, 4.69) is 25.3 Å². The fourth-order valence-electron chi connectivity index (χ4n) is 3.70. The summed E-state index contributed by atoms with van der Waals surface area (Å²) in [5, 5.41) is 17.6. The van der Waals surface area contributed by atoms with Gasteiger partial charge in [-0.05, 0) is 30.3 Å². The first-order valence-electron chi connectivity index (χ1n) is 9.25. The largest absolute Gasteiger partial charge is 0.481 e. The highest BCUT2D eigenvalue weighted by Gasteiger charge is 2.34. The number of anilines is 1. The first-order valence-corrected chi connectivity index (χ1v) is 9.25. The number of carbonyl (C=O) groups excluding carboxylic acids is 1. The number of fused-ring (bicyclic) bond motifs is 2. The molecule has 10 nitrogen and oxygen atoms in total. The number of hydrogen-bond acceptors (Lipinski definition) is 7. The number of hydrogen-bond donors (Lipinski definition) is 0. The van der Waals surface area contributed by atoms with Crippen LogP contribution in [0.4, 0.5) is 5.82 Å². The van der Waals surface area contributed by atoms with E-state index in [0.29, 0.717) is 17.1 Å². The van der Waals surface area contributed by atoms with Gasteiger partial charge in [0.05, 0.1) is 24.1 Å². The summed E-state index contributed by atoms with van der Waals surface area (Å²) < 4.78 is 8.69. The molecule has 148 valence electrons. The Bertz CT molecular complexity index is 1220. The van der Waals surface area contributed by atoms with Gasteiger partial charge in [-0.1, -0.05) is 0 Å². The standard InChI is InChI=1S/C19H20N8O2/c1-24(13-9-26(10-13)17-7-6-16-21-20-11-27(16)23-17)18(28)12-4-5-14-15(8-12)22-25(2)19(14)29-3/h4-8,11,13H,9-10H2,1-3H3. The number of rotatable bonds is 4. The Morgan fingerprint density at radius 1 is 1.21 bits per heavy atom. The molecule has 1 amide bonds. The molecule has 0 bridgehead atoms. The lowest BCUT2D eigenvalue weighted by atomic mass is 10.1. The maximum atomic E-state index is 13.0. The van der Waals surface area contributed by atoms with Crippen LogP contribution in [0.5, 0.6) is 5.88 Å². The van der Waals surface area contributed by atoms with E-state index in [1.165, 1.54) is 0 Å². The zero-order chi connectivity index (χ0) is 20.1. The number of likely N-dealkylation sites (N-methyl/N-ethyl adjacent to an activating group) is 1. The van der Waals surface area contributed by atoms with Crippen molar-refractivity contribution in [3.05, 3.63) is 42.2 Å². The highest BCUT2D eigenvalue weighted by atomic mass is 16.5. The van der Waals surface area contributed by atoms with Crippen LogP contribution < -0.4 is 9.64 Å². The molecule has 29 heavy (non-hydrogen) atoms. The van der Waals surface area contributed by atoms with Crippen molar-refractivity contribution in [3.63, 3.8) is 0 Å². The third kappa shape index (κ3) is 2.75. The first kappa shape index (κ1) is 17.4. The van der Waals surface area contributed by atoms with Crippen LogP contribution in [0, 0.1) is 0 Å². The molecule has 5 rings (SSSR count). The lowest BCUT2D eigenvalue weighted by molar-refractivity contribution is 0.0705. The zero-order valence-corrected chi connectivity index (χ0v) is 16.3. The molecule has 0 unspecified atom stereocenters. The van der Waals surface area contributed by atoms with Gasteiger partial charge in [0.25, 0.3) is 5.91 Å². The van der Waals surface area contributed by atoms with Crippen molar-refractivity contribution in [3.8, 4) is 5.88 Å². The molecule has 1 aliphatic heterocycles. The van der Waals surface area contributed by atoms with Gasteiger partial charge in [-0.2, -0.15) is 9.61 Å². The van der Waals surface area contributed by atoms with E-state index in [9.17, 15) is 4.79 Å². The van der Waals surface area contributed by atoms with Crippen LogP contribution in [0.1, 0.15) is 10.4 Å². The molecule has 1 aliphatic rings. The molecule has 0 spiro atoms. The molecule has 0 radical (unpaired) electrons. The molecule has 3 aromatic heterocycles. The fraction of sp³-hybridized carbons (Fsp3) is 0.316. The van der Waals surface area contributed by atoms with Crippen LogP contribution in [0.2, 0.25) is 0 Å². The zero-order valence-electron chi connectivity index (χ0n) is 16.3. The third-order valence-corrected chi connectivity index (χ3v) is 5.42. The summed E-state index contributed by atoms with van der Waals surface area (Å²) in [5.41, 5.74) is 2.06. The predicted molar refractivity (Wildman–Crippen MR) is 106 cm³/mol. The van der Waals surface area contributed by atoms with E-state index < -0.39 is 0 Å². The van der Waals surface area contributed by atoms with E-state index in [4.69, 9.17) is 4.74 Å². The Labute approximate surface area is 166 Å². The Kier molecular flexibility index (Phi) is 3.86. The number of nitrogens with zero attached hydrogens (tertiary/aromatic N) is 8. The second-order valence-corrected chi connectivity index (χ2v) is 7.16. The SMILES string of the molecule is COc1c2ccc(C(=O)N(C)C3CN(c4ccc5nncn5n4)C3)cc2nn1C. The monoisotopic (exact) mass is 392 g/mol. The van der Waals surface area contributed by atoms with Crippen molar-refractivity contribution in [2.45, 2.75) is 6.04 Å². The van der Waals surface area contributed by atoms with Crippen LogP contribution in [-0.4, -0.2) is 73.7 Å². The van der Waals surface area contributed by atoms with Gasteiger partial charge in [-0.3, -0.25) is 4.79 Å². The highest BCUT2D eigenvalue weighted by Crippen LogP contribution is 2.27. The number of carbonyl (C=O) groups is 1. The summed E-state index contributed by atoms with van der Waals surface area (Å²) in [6.07, 6.45) is 1.58.